The van der Waals surface area contributed by atoms with Crippen molar-refractivity contribution in [2.45, 2.75) is 19.5 Å². The SMILES string of the molecule is CC#CCC(=O)c1ccc(C(F)(F)F)cc1. The average molecular weight is 226 g/mol. The van der Waals surface area contributed by atoms with Gasteiger partial charge in [-0.05, 0) is 19.1 Å². The van der Waals surface area contributed by atoms with Gasteiger partial charge in [-0.3, -0.25) is 4.79 Å². The molecule has 0 aromatic heterocycles. The van der Waals surface area contributed by atoms with Crippen molar-refractivity contribution in [1.82, 2.24) is 0 Å². The second-order valence-electron chi connectivity index (χ2n) is 3.10. The van der Waals surface area contributed by atoms with Crippen molar-refractivity contribution in [3.8, 4) is 11.8 Å². The van der Waals surface area contributed by atoms with E-state index < -0.39 is 11.7 Å². The third-order valence-electron chi connectivity index (χ3n) is 1.96. The Morgan fingerprint density at radius 1 is 1.25 bits per heavy atom. The van der Waals surface area contributed by atoms with Gasteiger partial charge in [0.25, 0.3) is 0 Å². The Hall–Kier alpha value is -1.76. The summed E-state index contributed by atoms with van der Waals surface area (Å²) in [7, 11) is 0. The molecule has 16 heavy (non-hydrogen) atoms. The van der Waals surface area contributed by atoms with Crippen LogP contribution in [-0.4, -0.2) is 5.78 Å². The first-order chi connectivity index (χ1) is 7.45. The molecule has 0 heterocycles. The molecular weight excluding hydrogens is 217 g/mol. The van der Waals surface area contributed by atoms with Crippen LogP contribution in [0.15, 0.2) is 24.3 Å². The molecule has 1 aromatic carbocycles. The topological polar surface area (TPSA) is 17.1 Å². The van der Waals surface area contributed by atoms with Crippen LogP contribution in [0.5, 0.6) is 0 Å². The summed E-state index contributed by atoms with van der Waals surface area (Å²) >= 11 is 0. The summed E-state index contributed by atoms with van der Waals surface area (Å²) in [6, 6.07) is 4.13. The van der Waals surface area contributed by atoms with Gasteiger partial charge >= 0.3 is 6.18 Å². The molecule has 1 rings (SSSR count). The highest BCUT2D eigenvalue weighted by molar-refractivity contribution is 5.97. The highest BCUT2D eigenvalue weighted by atomic mass is 19.4. The third kappa shape index (κ3) is 3.13. The van der Waals surface area contributed by atoms with Gasteiger partial charge in [0.05, 0.1) is 12.0 Å². The molecule has 0 N–H and O–H groups in total. The largest absolute Gasteiger partial charge is 0.416 e. The summed E-state index contributed by atoms with van der Waals surface area (Å²) in [5.74, 6) is 4.85. The highest BCUT2D eigenvalue weighted by Gasteiger charge is 2.30. The standard InChI is InChI=1S/C12H9F3O/c1-2-3-4-11(16)9-5-7-10(8-6-9)12(13,14)15/h5-8H,4H2,1H3. The lowest BCUT2D eigenvalue weighted by Crippen LogP contribution is -2.05. The fraction of sp³-hybridized carbons (Fsp3) is 0.250. The van der Waals surface area contributed by atoms with Crippen LogP contribution in [0.25, 0.3) is 0 Å². The maximum atomic E-state index is 12.2. The number of rotatable bonds is 2. The molecular formula is C12H9F3O. The molecule has 4 heteroatoms. The van der Waals surface area contributed by atoms with Gasteiger partial charge in [0.15, 0.2) is 5.78 Å². The second-order valence-corrected chi connectivity index (χ2v) is 3.10. The zero-order valence-electron chi connectivity index (χ0n) is 8.56. The van der Waals surface area contributed by atoms with Crippen LogP contribution in [0.1, 0.15) is 29.3 Å². The molecule has 0 bridgehead atoms. The molecule has 0 aliphatic heterocycles. The molecule has 0 atom stereocenters. The monoisotopic (exact) mass is 226 g/mol. The van der Waals surface area contributed by atoms with Gasteiger partial charge < -0.3 is 0 Å². The molecule has 0 amide bonds. The number of Topliss-reactive ketones (excluding diaryl/α,β-unsaturated/α-hetero) is 1. The molecule has 1 nitrogen and oxygen atoms in total. The van der Waals surface area contributed by atoms with Crippen molar-refractivity contribution in [3.63, 3.8) is 0 Å². The van der Waals surface area contributed by atoms with Crippen LogP contribution in [0, 0.1) is 11.8 Å². The lowest BCUT2D eigenvalue weighted by Gasteiger charge is -2.06. The zero-order valence-corrected chi connectivity index (χ0v) is 8.56. The fourth-order valence-electron chi connectivity index (χ4n) is 1.12. The quantitative estimate of drug-likeness (QED) is 0.558. The number of ketones is 1. The Morgan fingerprint density at radius 3 is 2.25 bits per heavy atom. The van der Waals surface area contributed by atoms with Crippen LogP contribution in [0.2, 0.25) is 0 Å². The number of hydrogen-bond acceptors (Lipinski definition) is 1. The number of benzene rings is 1. The minimum Gasteiger partial charge on any atom is -0.293 e. The summed E-state index contributed by atoms with van der Waals surface area (Å²) in [6.45, 7) is 1.60. The fourth-order valence-corrected chi connectivity index (χ4v) is 1.12. The molecule has 0 aliphatic rings. The van der Waals surface area contributed by atoms with Crippen molar-refractivity contribution >= 4 is 5.78 Å². The Bertz CT molecular complexity index is 432. The molecule has 0 spiro atoms. The molecule has 0 unspecified atom stereocenters. The van der Waals surface area contributed by atoms with E-state index in [4.69, 9.17) is 0 Å². The third-order valence-corrected chi connectivity index (χ3v) is 1.96. The Balaban J connectivity index is 2.86. The second kappa shape index (κ2) is 4.84. The van der Waals surface area contributed by atoms with E-state index in [1.54, 1.807) is 6.92 Å². The Labute approximate surface area is 91.3 Å². The molecule has 0 radical (unpaired) electrons. The molecule has 0 aliphatic carbocycles. The first kappa shape index (κ1) is 12.3. The molecule has 0 saturated carbocycles. The van der Waals surface area contributed by atoms with E-state index >= 15 is 0 Å². The lowest BCUT2D eigenvalue weighted by molar-refractivity contribution is -0.137. The summed E-state index contributed by atoms with van der Waals surface area (Å²) in [6.07, 6.45) is -4.34. The number of halogens is 3. The highest BCUT2D eigenvalue weighted by Crippen LogP contribution is 2.29. The van der Waals surface area contributed by atoms with E-state index in [1.165, 1.54) is 12.1 Å². The summed E-state index contributed by atoms with van der Waals surface area (Å²) in [4.78, 5) is 11.4. The molecule has 1 aromatic rings. The lowest BCUT2D eigenvalue weighted by atomic mass is 10.1. The van der Waals surface area contributed by atoms with E-state index in [0.29, 0.717) is 0 Å². The van der Waals surface area contributed by atoms with Crippen molar-refractivity contribution in [2.24, 2.45) is 0 Å². The van der Waals surface area contributed by atoms with Crippen molar-refractivity contribution in [1.29, 1.82) is 0 Å². The van der Waals surface area contributed by atoms with Gasteiger partial charge in [-0.25, -0.2) is 0 Å². The summed E-state index contributed by atoms with van der Waals surface area (Å²) in [5.41, 5.74) is -0.513. The van der Waals surface area contributed by atoms with Crippen molar-refractivity contribution in [2.75, 3.05) is 0 Å². The van der Waals surface area contributed by atoms with Crippen molar-refractivity contribution < 1.29 is 18.0 Å². The van der Waals surface area contributed by atoms with Crippen LogP contribution < -0.4 is 0 Å². The molecule has 0 fully saturated rings. The summed E-state index contributed by atoms with van der Waals surface area (Å²) < 4.78 is 36.6. The Morgan fingerprint density at radius 2 is 1.81 bits per heavy atom. The van der Waals surface area contributed by atoms with E-state index in [9.17, 15) is 18.0 Å². The first-order valence-corrected chi connectivity index (χ1v) is 4.55. The van der Waals surface area contributed by atoms with Gasteiger partial charge in [0.2, 0.25) is 0 Å². The smallest absolute Gasteiger partial charge is 0.293 e. The van der Waals surface area contributed by atoms with E-state index in [0.717, 1.165) is 12.1 Å². The molecule has 0 saturated heterocycles. The van der Waals surface area contributed by atoms with Crippen LogP contribution in [-0.2, 0) is 6.18 Å². The number of alkyl halides is 3. The average Bonchev–Trinajstić information content (AvgIpc) is 2.25. The zero-order chi connectivity index (χ0) is 12.2. The van der Waals surface area contributed by atoms with E-state index in [2.05, 4.69) is 11.8 Å². The van der Waals surface area contributed by atoms with Gasteiger partial charge in [-0.15, -0.1) is 5.92 Å². The minimum absolute atomic E-state index is 0.0296. The summed E-state index contributed by atoms with van der Waals surface area (Å²) in [5, 5.41) is 0. The molecule has 84 valence electrons. The van der Waals surface area contributed by atoms with Crippen molar-refractivity contribution in [3.05, 3.63) is 35.4 Å². The normalized spacial score (nSPS) is 10.5. The predicted octanol–water partition coefficient (Wildman–Crippen LogP) is 3.30. The maximum absolute atomic E-state index is 12.2. The number of hydrogen-bond donors (Lipinski definition) is 0. The van der Waals surface area contributed by atoms with Gasteiger partial charge in [-0.2, -0.15) is 13.2 Å². The minimum atomic E-state index is -4.37. The number of carbonyl (C=O) groups is 1. The van der Waals surface area contributed by atoms with Crippen LogP contribution >= 0.6 is 0 Å². The first-order valence-electron chi connectivity index (χ1n) is 4.55. The maximum Gasteiger partial charge on any atom is 0.416 e. The van der Waals surface area contributed by atoms with Gasteiger partial charge in [-0.1, -0.05) is 18.1 Å². The van der Waals surface area contributed by atoms with E-state index in [1.807, 2.05) is 0 Å². The van der Waals surface area contributed by atoms with Gasteiger partial charge in [0, 0.05) is 5.56 Å². The van der Waals surface area contributed by atoms with E-state index in [-0.39, 0.29) is 17.8 Å². The van der Waals surface area contributed by atoms with Crippen LogP contribution in [0.4, 0.5) is 13.2 Å². The predicted molar refractivity (Wildman–Crippen MR) is 53.8 cm³/mol. The number of carbonyl (C=O) groups excluding carboxylic acids is 1. The van der Waals surface area contributed by atoms with Crippen LogP contribution in [0.3, 0.4) is 0 Å². The van der Waals surface area contributed by atoms with Gasteiger partial charge in [0.1, 0.15) is 0 Å². The Kier molecular flexibility index (Phi) is 3.73.